The van der Waals surface area contributed by atoms with Crippen molar-refractivity contribution in [2.45, 2.75) is 46.1 Å². The van der Waals surface area contributed by atoms with Gasteiger partial charge in [-0.15, -0.1) is 0 Å². The van der Waals surface area contributed by atoms with Crippen LogP contribution in [0.25, 0.3) is 0 Å². The van der Waals surface area contributed by atoms with Crippen LogP contribution in [0.15, 0.2) is 0 Å². The van der Waals surface area contributed by atoms with Crippen molar-refractivity contribution in [1.82, 2.24) is 0 Å². The van der Waals surface area contributed by atoms with E-state index < -0.39 is 0 Å². The molecule has 0 radical (unpaired) electrons. The Hall–Kier alpha value is -0.0400. The summed E-state index contributed by atoms with van der Waals surface area (Å²) >= 11 is 0. The molecule has 2 atom stereocenters. The Labute approximate surface area is 64.8 Å². The summed E-state index contributed by atoms with van der Waals surface area (Å²) in [6.45, 7) is 6.67. The van der Waals surface area contributed by atoms with E-state index in [2.05, 4.69) is 20.8 Å². The quantitative estimate of drug-likeness (QED) is 0.576. The van der Waals surface area contributed by atoms with Crippen molar-refractivity contribution in [3.63, 3.8) is 0 Å². The first-order valence-electron chi connectivity index (χ1n) is 4.29. The van der Waals surface area contributed by atoms with Crippen molar-refractivity contribution < 1.29 is 4.74 Å². The summed E-state index contributed by atoms with van der Waals surface area (Å²) in [7, 11) is 1.81. The van der Waals surface area contributed by atoms with Gasteiger partial charge in [0.15, 0.2) is 0 Å². The zero-order valence-corrected chi connectivity index (χ0v) is 7.68. The first kappa shape index (κ1) is 9.96. The molecule has 0 aliphatic rings. The molecule has 1 unspecified atom stereocenters. The van der Waals surface area contributed by atoms with Crippen molar-refractivity contribution in [3.8, 4) is 0 Å². The van der Waals surface area contributed by atoms with Crippen LogP contribution in [-0.4, -0.2) is 13.2 Å². The highest BCUT2D eigenvalue weighted by Crippen LogP contribution is 2.15. The SMILES string of the molecule is CCC[C@H](C)C(CC)OC. The summed E-state index contributed by atoms with van der Waals surface area (Å²) in [6.07, 6.45) is 4.16. The molecular formula is C9H20O. The highest BCUT2D eigenvalue weighted by atomic mass is 16.5. The zero-order valence-electron chi connectivity index (χ0n) is 7.68. The van der Waals surface area contributed by atoms with E-state index in [9.17, 15) is 0 Å². The third kappa shape index (κ3) is 3.21. The molecule has 0 fully saturated rings. The van der Waals surface area contributed by atoms with Crippen LogP contribution in [0.1, 0.15) is 40.0 Å². The summed E-state index contributed by atoms with van der Waals surface area (Å²) in [5.74, 6) is 0.722. The Balaban J connectivity index is 3.53. The van der Waals surface area contributed by atoms with Crippen LogP contribution in [0.4, 0.5) is 0 Å². The first-order valence-corrected chi connectivity index (χ1v) is 4.29. The van der Waals surface area contributed by atoms with Gasteiger partial charge in [0.25, 0.3) is 0 Å². The molecule has 10 heavy (non-hydrogen) atoms. The fourth-order valence-corrected chi connectivity index (χ4v) is 1.44. The van der Waals surface area contributed by atoms with Crippen molar-refractivity contribution >= 4 is 0 Å². The molecule has 0 aromatic heterocycles. The highest BCUT2D eigenvalue weighted by Gasteiger charge is 2.12. The second kappa shape index (κ2) is 5.72. The lowest BCUT2D eigenvalue weighted by Gasteiger charge is -2.20. The fourth-order valence-electron chi connectivity index (χ4n) is 1.44. The van der Waals surface area contributed by atoms with Gasteiger partial charge in [-0.1, -0.05) is 27.2 Å². The molecule has 0 saturated heterocycles. The molecule has 0 amide bonds. The monoisotopic (exact) mass is 144 g/mol. The van der Waals surface area contributed by atoms with E-state index in [4.69, 9.17) is 4.74 Å². The normalized spacial score (nSPS) is 16.8. The smallest absolute Gasteiger partial charge is 0.0594 e. The molecule has 62 valence electrons. The highest BCUT2D eigenvalue weighted by molar-refractivity contribution is 4.63. The van der Waals surface area contributed by atoms with Crippen LogP contribution in [0.5, 0.6) is 0 Å². The van der Waals surface area contributed by atoms with Crippen LogP contribution in [0.3, 0.4) is 0 Å². The Morgan fingerprint density at radius 3 is 2.20 bits per heavy atom. The lowest BCUT2D eigenvalue weighted by atomic mass is 9.98. The standard InChI is InChI=1S/C9H20O/c1-5-7-8(3)9(6-2)10-4/h8-9H,5-7H2,1-4H3/t8-,9?/m0/s1. The van der Waals surface area contributed by atoms with Crippen LogP contribution < -0.4 is 0 Å². The summed E-state index contributed by atoms with van der Waals surface area (Å²) in [4.78, 5) is 0. The number of hydrogen-bond donors (Lipinski definition) is 0. The molecule has 0 rings (SSSR count). The summed E-state index contributed by atoms with van der Waals surface area (Å²) in [6, 6.07) is 0. The third-order valence-corrected chi connectivity index (χ3v) is 2.08. The van der Waals surface area contributed by atoms with Gasteiger partial charge in [-0.05, 0) is 18.8 Å². The van der Waals surface area contributed by atoms with Gasteiger partial charge < -0.3 is 4.74 Å². The van der Waals surface area contributed by atoms with Gasteiger partial charge in [0.1, 0.15) is 0 Å². The molecule has 0 heterocycles. The largest absolute Gasteiger partial charge is 0.381 e. The van der Waals surface area contributed by atoms with Crippen molar-refractivity contribution in [2.75, 3.05) is 7.11 Å². The van der Waals surface area contributed by atoms with Crippen LogP contribution in [0.2, 0.25) is 0 Å². The summed E-state index contributed by atoms with van der Waals surface area (Å²) < 4.78 is 5.31. The van der Waals surface area contributed by atoms with Crippen molar-refractivity contribution in [3.05, 3.63) is 0 Å². The Morgan fingerprint density at radius 2 is 1.90 bits per heavy atom. The molecule has 0 aromatic carbocycles. The Kier molecular flexibility index (Phi) is 5.70. The second-order valence-electron chi connectivity index (χ2n) is 2.95. The van der Waals surface area contributed by atoms with E-state index in [-0.39, 0.29) is 0 Å². The molecule has 0 aliphatic heterocycles. The van der Waals surface area contributed by atoms with Gasteiger partial charge in [-0.25, -0.2) is 0 Å². The third-order valence-electron chi connectivity index (χ3n) is 2.08. The molecule has 0 N–H and O–H groups in total. The lowest BCUT2D eigenvalue weighted by Crippen LogP contribution is -2.18. The molecule has 1 nitrogen and oxygen atoms in total. The fraction of sp³-hybridized carbons (Fsp3) is 1.00. The van der Waals surface area contributed by atoms with E-state index in [1.54, 1.807) is 7.11 Å². The van der Waals surface area contributed by atoms with Gasteiger partial charge >= 0.3 is 0 Å². The van der Waals surface area contributed by atoms with Gasteiger partial charge in [-0.3, -0.25) is 0 Å². The number of methoxy groups -OCH3 is 1. The summed E-state index contributed by atoms with van der Waals surface area (Å²) in [5, 5.41) is 0. The van der Waals surface area contributed by atoms with Crippen LogP contribution >= 0.6 is 0 Å². The Morgan fingerprint density at radius 1 is 1.30 bits per heavy atom. The maximum atomic E-state index is 5.31. The van der Waals surface area contributed by atoms with Gasteiger partial charge in [0.05, 0.1) is 6.10 Å². The van der Waals surface area contributed by atoms with Crippen molar-refractivity contribution in [1.29, 1.82) is 0 Å². The minimum absolute atomic E-state index is 0.472. The minimum Gasteiger partial charge on any atom is -0.381 e. The average Bonchev–Trinajstić information content (AvgIpc) is 1.91. The molecule has 0 spiro atoms. The zero-order chi connectivity index (χ0) is 7.98. The molecule has 0 aromatic rings. The molecular weight excluding hydrogens is 124 g/mol. The van der Waals surface area contributed by atoms with Crippen LogP contribution in [0, 0.1) is 5.92 Å². The molecule has 1 heteroatoms. The van der Waals surface area contributed by atoms with Crippen molar-refractivity contribution in [2.24, 2.45) is 5.92 Å². The van der Waals surface area contributed by atoms with Gasteiger partial charge in [-0.2, -0.15) is 0 Å². The predicted octanol–water partition coefficient (Wildman–Crippen LogP) is 2.85. The van der Waals surface area contributed by atoms with E-state index in [0.29, 0.717) is 6.10 Å². The minimum atomic E-state index is 0.472. The molecule has 0 aliphatic carbocycles. The van der Waals surface area contributed by atoms with E-state index in [1.165, 1.54) is 12.8 Å². The maximum absolute atomic E-state index is 5.31. The predicted molar refractivity (Wildman–Crippen MR) is 45.2 cm³/mol. The second-order valence-corrected chi connectivity index (χ2v) is 2.95. The Bertz CT molecular complexity index is 67.1. The number of rotatable bonds is 5. The average molecular weight is 144 g/mol. The van der Waals surface area contributed by atoms with Crippen LogP contribution in [-0.2, 0) is 4.74 Å². The molecule has 0 saturated carbocycles. The maximum Gasteiger partial charge on any atom is 0.0594 e. The van der Waals surface area contributed by atoms with E-state index in [0.717, 1.165) is 12.3 Å². The number of ether oxygens (including phenoxy) is 1. The van der Waals surface area contributed by atoms with Gasteiger partial charge in [0.2, 0.25) is 0 Å². The topological polar surface area (TPSA) is 9.23 Å². The number of hydrogen-bond acceptors (Lipinski definition) is 1. The van der Waals surface area contributed by atoms with Gasteiger partial charge in [0, 0.05) is 7.11 Å². The van der Waals surface area contributed by atoms with E-state index in [1.807, 2.05) is 0 Å². The molecule has 0 bridgehead atoms. The van der Waals surface area contributed by atoms with E-state index >= 15 is 0 Å². The summed E-state index contributed by atoms with van der Waals surface area (Å²) in [5.41, 5.74) is 0. The lowest BCUT2D eigenvalue weighted by molar-refractivity contribution is 0.0522. The first-order chi connectivity index (χ1) is 4.76.